The maximum absolute atomic E-state index is 9.20. The van der Waals surface area contributed by atoms with Crippen LogP contribution in [0.2, 0.25) is 0 Å². The van der Waals surface area contributed by atoms with Gasteiger partial charge in [-0.15, -0.1) is 0 Å². The van der Waals surface area contributed by atoms with Gasteiger partial charge < -0.3 is 20.4 Å². The molecule has 0 saturated carbocycles. The fourth-order valence-electron chi connectivity index (χ4n) is 0.976. The maximum atomic E-state index is 9.20. The average molecular weight is 222 g/mol. The van der Waals surface area contributed by atoms with Crippen molar-refractivity contribution in [2.75, 3.05) is 6.61 Å². The highest BCUT2D eigenvalue weighted by Gasteiger charge is 2.12. The van der Waals surface area contributed by atoms with Crippen LogP contribution in [-0.2, 0) is 0 Å². The molecule has 0 spiro atoms. The van der Waals surface area contributed by atoms with Gasteiger partial charge in [-0.25, -0.2) is 0 Å². The fraction of sp³-hybridized carbons (Fsp3) is 1.00. The van der Waals surface area contributed by atoms with Crippen LogP contribution in [0.15, 0.2) is 0 Å². The van der Waals surface area contributed by atoms with Gasteiger partial charge in [-0.05, 0) is 19.8 Å². The van der Waals surface area contributed by atoms with Crippen molar-refractivity contribution in [3.05, 3.63) is 0 Å². The van der Waals surface area contributed by atoms with E-state index in [4.69, 9.17) is 10.2 Å². The Morgan fingerprint density at radius 3 is 1.27 bits per heavy atom. The molecular formula is C11H26O4. The summed E-state index contributed by atoms with van der Waals surface area (Å²) in [6, 6.07) is 0. The zero-order valence-electron chi connectivity index (χ0n) is 10.1. The van der Waals surface area contributed by atoms with Crippen LogP contribution in [-0.4, -0.2) is 45.3 Å². The molecule has 4 nitrogen and oxygen atoms in total. The van der Waals surface area contributed by atoms with Gasteiger partial charge in [0.1, 0.15) is 0 Å². The lowest BCUT2D eigenvalue weighted by Crippen LogP contribution is -2.25. The molecule has 0 aromatic rings. The Morgan fingerprint density at radius 2 is 1.13 bits per heavy atom. The molecule has 3 unspecified atom stereocenters. The minimum absolute atomic E-state index is 0.139. The Balaban J connectivity index is 0. The molecule has 0 bridgehead atoms. The highest BCUT2D eigenvalue weighted by molar-refractivity contribution is 4.65. The van der Waals surface area contributed by atoms with Crippen molar-refractivity contribution in [1.82, 2.24) is 0 Å². The molecule has 4 N–H and O–H groups in total. The normalized spacial score (nSPS) is 16.2. The Hall–Kier alpha value is -0.160. The number of hydrogen-bond acceptors (Lipinski definition) is 4. The van der Waals surface area contributed by atoms with Crippen molar-refractivity contribution in [1.29, 1.82) is 0 Å². The van der Waals surface area contributed by atoms with Gasteiger partial charge in [-0.1, -0.05) is 26.7 Å². The molecule has 15 heavy (non-hydrogen) atoms. The minimum atomic E-state index is -0.560. The van der Waals surface area contributed by atoms with Crippen LogP contribution in [0.25, 0.3) is 0 Å². The Bertz CT molecular complexity index is 107. The number of hydrogen-bond donors (Lipinski definition) is 4. The summed E-state index contributed by atoms with van der Waals surface area (Å²) in [6.45, 7) is 5.39. The zero-order valence-corrected chi connectivity index (χ0v) is 10.1. The highest BCUT2D eigenvalue weighted by Crippen LogP contribution is 2.06. The Kier molecular flexibility index (Phi) is 13.7. The quantitative estimate of drug-likeness (QED) is 0.532. The first-order valence-electron chi connectivity index (χ1n) is 5.64. The molecule has 0 saturated heterocycles. The first-order valence-corrected chi connectivity index (χ1v) is 5.64. The Labute approximate surface area is 92.6 Å². The first kappa shape index (κ1) is 17.2. The monoisotopic (exact) mass is 222 g/mol. The van der Waals surface area contributed by atoms with E-state index in [1.807, 2.05) is 13.8 Å². The summed E-state index contributed by atoms with van der Waals surface area (Å²) in [6.07, 6.45) is 1.71. The van der Waals surface area contributed by atoms with E-state index < -0.39 is 18.3 Å². The lowest BCUT2D eigenvalue weighted by atomic mass is 10.1. The second-order valence-electron chi connectivity index (χ2n) is 3.74. The molecule has 4 heteroatoms. The van der Waals surface area contributed by atoms with E-state index in [1.54, 1.807) is 0 Å². The van der Waals surface area contributed by atoms with E-state index in [1.165, 1.54) is 6.92 Å². The molecule has 0 aliphatic heterocycles. The van der Waals surface area contributed by atoms with Gasteiger partial charge in [0.15, 0.2) is 0 Å². The third kappa shape index (κ3) is 13.8. The SMILES string of the molecule is CC(O)CO.CCCC(O)C(O)CCC. The van der Waals surface area contributed by atoms with Gasteiger partial charge in [0, 0.05) is 0 Å². The summed E-state index contributed by atoms with van der Waals surface area (Å²) in [7, 11) is 0. The maximum Gasteiger partial charge on any atom is 0.0799 e. The van der Waals surface area contributed by atoms with E-state index in [0.717, 1.165) is 12.8 Å². The first-order chi connectivity index (χ1) is 6.99. The molecule has 0 aliphatic carbocycles. The Morgan fingerprint density at radius 1 is 0.867 bits per heavy atom. The number of aliphatic hydroxyl groups is 4. The molecule has 0 heterocycles. The predicted molar refractivity (Wildman–Crippen MR) is 60.6 cm³/mol. The topological polar surface area (TPSA) is 80.9 Å². The zero-order chi connectivity index (χ0) is 12.3. The summed E-state index contributed by atoms with van der Waals surface area (Å²) in [5.41, 5.74) is 0. The van der Waals surface area contributed by atoms with Crippen LogP contribution >= 0.6 is 0 Å². The van der Waals surface area contributed by atoms with E-state index in [0.29, 0.717) is 12.8 Å². The summed E-state index contributed by atoms with van der Waals surface area (Å²) in [5, 5.41) is 34.4. The third-order valence-corrected chi connectivity index (χ3v) is 1.88. The number of aliphatic hydroxyl groups excluding tert-OH is 4. The smallest absolute Gasteiger partial charge is 0.0799 e. The van der Waals surface area contributed by atoms with Crippen molar-refractivity contribution < 1.29 is 20.4 Å². The van der Waals surface area contributed by atoms with Gasteiger partial charge in [0.05, 0.1) is 24.9 Å². The molecule has 0 rings (SSSR count). The van der Waals surface area contributed by atoms with Crippen LogP contribution in [0, 0.1) is 0 Å². The van der Waals surface area contributed by atoms with E-state index in [2.05, 4.69) is 0 Å². The van der Waals surface area contributed by atoms with Gasteiger partial charge in [-0.2, -0.15) is 0 Å². The van der Waals surface area contributed by atoms with Crippen LogP contribution in [0.3, 0.4) is 0 Å². The summed E-state index contributed by atoms with van der Waals surface area (Å²) in [4.78, 5) is 0. The van der Waals surface area contributed by atoms with Crippen molar-refractivity contribution in [2.45, 2.75) is 64.8 Å². The second-order valence-corrected chi connectivity index (χ2v) is 3.74. The highest BCUT2D eigenvalue weighted by atomic mass is 16.3. The predicted octanol–water partition coefficient (Wildman–Crippen LogP) is 0.668. The lowest BCUT2D eigenvalue weighted by molar-refractivity contribution is 0.00923. The van der Waals surface area contributed by atoms with Crippen LogP contribution in [0.4, 0.5) is 0 Å². The molecule has 0 aromatic carbocycles. The van der Waals surface area contributed by atoms with Gasteiger partial charge in [0.25, 0.3) is 0 Å². The summed E-state index contributed by atoms with van der Waals surface area (Å²) >= 11 is 0. The molecule has 0 amide bonds. The molecule has 0 aliphatic rings. The lowest BCUT2D eigenvalue weighted by Gasteiger charge is -2.15. The summed E-state index contributed by atoms with van der Waals surface area (Å²) in [5.74, 6) is 0. The minimum Gasteiger partial charge on any atom is -0.394 e. The van der Waals surface area contributed by atoms with Crippen molar-refractivity contribution in [3.8, 4) is 0 Å². The van der Waals surface area contributed by atoms with Crippen molar-refractivity contribution >= 4 is 0 Å². The standard InChI is InChI=1S/C8H18O2.C3H8O2/c1-3-5-7(9)8(10)6-4-2;1-3(5)2-4/h7-10H,3-6H2,1-2H3;3-5H,2H2,1H3. The van der Waals surface area contributed by atoms with Crippen molar-refractivity contribution in [3.63, 3.8) is 0 Å². The second kappa shape index (κ2) is 11.9. The summed E-state index contributed by atoms with van der Waals surface area (Å²) < 4.78 is 0. The van der Waals surface area contributed by atoms with Gasteiger partial charge in [0.2, 0.25) is 0 Å². The molecule has 0 aromatic heterocycles. The van der Waals surface area contributed by atoms with Crippen LogP contribution < -0.4 is 0 Å². The van der Waals surface area contributed by atoms with Gasteiger partial charge in [-0.3, -0.25) is 0 Å². The fourth-order valence-corrected chi connectivity index (χ4v) is 0.976. The van der Waals surface area contributed by atoms with Gasteiger partial charge >= 0.3 is 0 Å². The van der Waals surface area contributed by atoms with E-state index in [-0.39, 0.29) is 6.61 Å². The number of rotatable bonds is 6. The molecule has 3 atom stereocenters. The average Bonchev–Trinajstić information content (AvgIpc) is 2.19. The van der Waals surface area contributed by atoms with Crippen molar-refractivity contribution in [2.24, 2.45) is 0 Å². The molecule has 0 fully saturated rings. The molecule has 94 valence electrons. The van der Waals surface area contributed by atoms with Crippen LogP contribution in [0.5, 0.6) is 0 Å². The molecular weight excluding hydrogens is 196 g/mol. The van der Waals surface area contributed by atoms with Crippen LogP contribution in [0.1, 0.15) is 46.5 Å². The van der Waals surface area contributed by atoms with E-state index in [9.17, 15) is 10.2 Å². The molecule has 0 radical (unpaired) electrons. The van der Waals surface area contributed by atoms with E-state index >= 15 is 0 Å². The largest absolute Gasteiger partial charge is 0.394 e. The third-order valence-electron chi connectivity index (χ3n) is 1.88.